The lowest BCUT2D eigenvalue weighted by atomic mass is 10.0. The first kappa shape index (κ1) is 28.2. The van der Waals surface area contributed by atoms with E-state index in [9.17, 15) is 18.4 Å². The molecule has 0 atom stereocenters. The van der Waals surface area contributed by atoms with Gasteiger partial charge in [-0.2, -0.15) is 0 Å². The van der Waals surface area contributed by atoms with Crippen LogP contribution in [-0.2, 0) is 12.8 Å². The van der Waals surface area contributed by atoms with Gasteiger partial charge in [-0.15, -0.1) is 0 Å². The molecule has 0 unspecified atom stereocenters. The van der Waals surface area contributed by atoms with E-state index in [-0.39, 0.29) is 23.3 Å². The quantitative estimate of drug-likeness (QED) is 0.194. The molecule has 210 valence electrons. The Balaban J connectivity index is 1.40. The van der Waals surface area contributed by atoms with Crippen LogP contribution < -0.4 is 15.4 Å². The van der Waals surface area contributed by atoms with Crippen LogP contribution in [0.15, 0.2) is 115 Å². The molecule has 0 aliphatic carbocycles. The van der Waals surface area contributed by atoms with Crippen molar-refractivity contribution in [3.05, 3.63) is 160 Å². The molecule has 0 aliphatic heterocycles. The van der Waals surface area contributed by atoms with Crippen molar-refractivity contribution in [3.63, 3.8) is 0 Å². The van der Waals surface area contributed by atoms with Crippen LogP contribution in [0.25, 0.3) is 0 Å². The Morgan fingerprint density at radius 3 is 1.62 bits per heavy atom. The molecule has 5 rings (SSSR count). The Hall–Kier alpha value is -5.30. The van der Waals surface area contributed by atoms with Crippen molar-refractivity contribution >= 4 is 23.2 Å². The Labute approximate surface area is 242 Å². The number of carbonyl (C=O) groups is 2. The molecule has 5 aromatic rings. The van der Waals surface area contributed by atoms with Gasteiger partial charge in [0.1, 0.15) is 17.4 Å². The van der Waals surface area contributed by atoms with E-state index >= 15 is 0 Å². The first-order valence-corrected chi connectivity index (χ1v) is 13.4. The molecule has 0 heterocycles. The van der Waals surface area contributed by atoms with Crippen LogP contribution in [0.5, 0.6) is 5.75 Å². The van der Waals surface area contributed by atoms with Crippen LogP contribution in [0.1, 0.15) is 43.0 Å². The smallest absolute Gasteiger partial charge is 0.259 e. The summed E-state index contributed by atoms with van der Waals surface area (Å²) < 4.78 is 35.1. The number of amides is 2. The van der Waals surface area contributed by atoms with E-state index in [0.717, 1.165) is 11.1 Å². The standard InChI is InChI=1S/C35H28F2N2O3/c1-42-33-19-18-25(34(40)38-31-16-8-14-29(36)26(31)20-23-10-4-2-5-11-23)22-28(33)35(41)39-32-17-9-15-30(37)27(32)21-24-12-6-3-7-13-24/h2-19,22H,20-21H2,1H3,(H,38,40)(H,39,41). The largest absolute Gasteiger partial charge is 0.496 e. The van der Waals surface area contributed by atoms with Crippen LogP contribution in [0.2, 0.25) is 0 Å². The van der Waals surface area contributed by atoms with Gasteiger partial charge in [-0.05, 0) is 53.6 Å². The highest BCUT2D eigenvalue weighted by atomic mass is 19.1. The second kappa shape index (κ2) is 12.9. The lowest BCUT2D eigenvalue weighted by molar-refractivity contribution is 0.102. The predicted molar refractivity (Wildman–Crippen MR) is 160 cm³/mol. The minimum Gasteiger partial charge on any atom is -0.496 e. The molecule has 0 saturated heterocycles. The van der Waals surface area contributed by atoms with Crippen LogP contribution in [-0.4, -0.2) is 18.9 Å². The molecular weight excluding hydrogens is 534 g/mol. The van der Waals surface area contributed by atoms with Crippen molar-refractivity contribution in [2.75, 3.05) is 17.7 Å². The van der Waals surface area contributed by atoms with Gasteiger partial charge in [0.05, 0.1) is 12.7 Å². The summed E-state index contributed by atoms with van der Waals surface area (Å²) in [5.41, 5.74) is 3.36. The fourth-order valence-corrected chi connectivity index (χ4v) is 4.72. The summed E-state index contributed by atoms with van der Waals surface area (Å²) in [4.78, 5) is 26.8. The van der Waals surface area contributed by atoms with Crippen LogP contribution >= 0.6 is 0 Å². The summed E-state index contributed by atoms with van der Waals surface area (Å²) in [6, 6.07) is 32.2. The van der Waals surface area contributed by atoms with E-state index in [1.807, 2.05) is 60.7 Å². The molecule has 0 bridgehead atoms. The van der Waals surface area contributed by atoms with Crippen molar-refractivity contribution in [2.24, 2.45) is 0 Å². The van der Waals surface area contributed by atoms with Crippen molar-refractivity contribution < 1.29 is 23.1 Å². The molecule has 0 aliphatic rings. The van der Waals surface area contributed by atoms with Gasteiger partial charge in [0.15, 0.2) is 0 Å². The number of halogens is 2. The Bertz CT molecular complexity index is 1720. The molecule has 2 amide bonds. The summed E-state index contributed by atoms with van der Waals surface area (Å²) in [6.07, 6.45) is 0.569. The van der Waals surface area contributed by atoms with Gasteiger partial charge >= 0.3 is 0 Å². The zero-order chi connectivity index (χ0) is 29.5. The minimum absolute atomic E-state index is 0.0869. The van der Waals surface area contributed by atoms with Crippen LogP contribution in [0.3, 0.4) is 0 Å². The normalized spacial score (nSPS) is 10.6. The van der Waals surface area contributed by atoms with E-state index < -0.39 is 23.4 Å². The Kier molecular flexibility index (Phi) is 8.68. The minimum atomic E-state index is -0.572. The average Bonchev–Trinajstić information content (AvgIpc) is 3.01. The maximum Gasteiger partial charge on any atom is 0.259 e. The highest BCUT2D eigenvalue weighted by molar-refractivity contribution is 6.10. The first-order valence-electron chi connectivity index (χ1n) is 13.4. The molecule has 0 saturated carbocycles. The SMILES string of the molecule is COc1ccc(C(=O)Nc2cccc(F)c2Cc2ccccc2)cc1C(=O)Nc1cccc(F)c1Cc1ccccc1. The Morgan fingerprint density at radius 1 is 0.619 bits per heavy atom. The monoisotopic (exact) mass is 562 g/mol. The number of methoxy groups -OCH3 is 1. The van der Waals surface area contributed by atoms with Gasteiger partial charge in [0.25, 0.3) is 11.8 Å². The van der Waals surface area contributed by atoms with Gasteiger partial charge in [0.2, 0.25) is 0 Å². The van der Waals surface area contributed by atoms with E-state index in [2.05, 4.69) is 10.6 Å². The van der Waals surface area contributed by atoms with E-state index in [1.54, 1.807) is 12.1 Å². The van der Waals surface area contributed by atoms with Crippen LogP contribution in [0.4, 0.5) is 20.2 Å². The maximum absolute atomic E-state index is 14.9. The number of ether oxygens (including phenoxy) is 1. The molecule has 5 nitrogen and oxygen atoms in total. The maximum atomic E-state index is 14.9. The summed E-state index contributed by atoms with van der Waals surface area (Å²) in [5.74, 6) is -1.74. The average molecular weight is 563 g/mol. The fourth-order valence-electron chi connectivity index (χ4n) is 4.72. The van der Waals surface area contributed by atoms with Gasteiger partial charge in [-0.1, -0.05) is 72.8 Å². The predicted octanol–water partition coefficient (Wildman–Crippen LogP) is 7.66. The van der Waals surface area contributed by atoms with E-state index in [0.29, 0.717) is 28.9 Å². The van der Waals surface area contributed by atoms with Crippen molar-refractivity contribution in [1.29, 1.82) is 0 Å². The van der Waals surface area contributed by atoms with E-state index in [4.69, 9.17) is 4.74 Å². The molecule has 0 radical (unpaired) electrons. The molecular formula is C35H28F2N2O3. The zero-order valence-corrected chi connectivity index (χ0v) is 22.9. The molecule has 2 N–H and O–H groups in total. The third kappa shape index (κ3) is 6.53. The van der Waals surface area contributed by atoms with Crippen molar-refractivity contribution in [1.82, 2.24) is 0 Å². The lowest BCUT2D eigenvalue weighted by Gasteiger charge is -2.15. The second-order valence-corrected chi connectivity index (χ2v) is 9.68. The zero-order valence-electron chi connectivity index (χ0n) is 22.9. The highest BCUT2D eigenvalue weighted by Crippen LogP contribution is 2.27. The third-order valence-corrected chi connectivity index (χ3v) is 6.89. The lowest BCUT2D eigenvalue weighted by Crippen LogP contribution is -2.18. The first-order chi connectivity index (χ1) is 20.4. The van der Waals surface area contributed by atoms with Crippen LogP contribution in [0, 0.1) is 11.6 Å². The molecule has 0 fully saturated rings. The third-order valence-electron chi connectivity index (χ3n) is 6.89. The highest BCUT2D eigenvalue weighted by Gasteiger charge is 2.20. The number of carbonyl (C=O) groups excluding carboxylic acids is 2. The molecule has 42 heavy (non-hydrogen) atoms. The summed E-state index contributed by atoms with van der Waals surface area (Å²) >= 11 is 0. The number of anilines is 2. The van der Waals surface area contributed by atoms with Crippen molar-refractivity contribution in [3.8, 4) is 5.75 Å². The molecule has 7 heteroatoms. The van der Waals surface area contributed by atoms with Crippen molar-refractivity contribution in [2.45, 2.75) is 12.8 Å². The van der Waals surface area contributed by atoms with E-state index in [1.165, 1.54) is 49.6 Å². The second-order valence-electron chi connectivity index (χ2n) is 9.68. The summed E-state index contributed by atoms with van der Waals surface area (Å²) in [5, 5.41) is 5.57. The van der Waals surface area contributed by atoms with Gasteiger partial charge in [-0.25, -0.2) is 8.78 Å². The molecule has 5 aromatic carbocycles. The number of benzene rings is 5. The number of nitrogens with one attached hydrogen (secondary N) is 2. The van der Waals surface area contributed by atoms with Gasteiger partial charge in [0, 0.05) is 40.9 Å². The molecule has 0 spiro atoms. The number of hydrogen-bond donors (Lipinski definition) is 2. The van der Waals surface area contributed by atoms with Gasteiger partial charge < -0.3 is 15.4 Å². The summed E-state index contributed by atoms with van der Waals surface area (Å²) in [6.45, 7) is 0. The fraction of sp³-hybridized carbons (Fsp3) is 0.0857. The number of rotatable bonds is 9. The van der Waals surface area contributed by atoms with Gasteiger partial charge in [-0.3, -0.25) is 9.59 Å². The molecule has 0 aromatic heterocycles. The number of hydrogen-bond acceptors (Lipinski definition) is 3. The topological polar surface area (TPSA) is 67.4 Å². The summed E-state index contributed by atoms with van der Waals surface area (Å²) in [7, 11) is 1.41. The Morgan fingerprint density at radius 2 is 1.12 bits per heavy atom.